The largest absolute Gasteiger partial charge is 0.375 e. The Hall–Kier alpha value is -1.54. The molecule has 1 fully saturated rings. The highest BCUT2D eigenvalue weighted by Crippen LogP contribution is 2.17. The highest BCUT2D eigenvalue weighted by molar-refractivity contribution is 5.92. The molecule has 1 saturated heterocycles. The number of nitrogens with zero attached hydrogens (tertiary/aromatic N) is 2. The van der Waals surface area contributed by atoms with Gasteiger partial charge in [-0.05, 0) is 19.5 Å². The molecular formula is C13H20F2N4O2. The van der Waals surface area contributed by atoms with Gasteiger partial charge in [0.1, 0.15) is 11.4 Å². The standard InChI is InChI=1S/C13H20F2N4O2/c1-3-19-6-10(11(7-19)21-4-2)16-13(20)9-5-8(12(14)15)17-18-9/h5,10-12H,3-4,6-7H2,1-2H3,(H,16,20)(H,17,18)/t10-,11-/m0/s1. The van der Waals surface area contributed by atoms with Crippen molar-refractivity contribution < 1.29 is 18.3 Å². The Labute approximate surface area is 121 Å². The van der Waals surface area contributed by atoms with Gasteiger partial charge in [0.2, 0.25) is 0 Å². The number of aromatic nitrogens is 2. The van der Waals surface area contributed by atoms with Crippen LogP contribution in [0.2, 0.25) is 0 Å². The van der Waals surface area contributed by atoms with Gasteiger partial charge in [-0.3, -0.25) is 14.8 Å². The first-order chi connectivity index (χ1) is 10.0. The fraction of sp³-hybridized carbons (Fsp3) is 0.692. The number of hydrogen-bond acceptors (Lipinski definition) is 4. The Balaban J connectivity index is 1.99. The first-order valence-corrected chi connectivity index (χ1v) is 7.03. The average molecular weight is 302 g/mol. The summed E-state index contributed by atoms with van der Waals surface area (Å²) in [5.41, 5.74) is -0.390. The van der Waals surface area contributed by atoms with E-state index in [1.807, 2.05) is 13.8 Å². The van der Waals surface area contributed by atoms with Crippen LogP contribution in [0, 0.1) is 0 Å². The Kier molecular flexibility index (Phi) is 5.24. The molecule has 2 atom stereocenters. The fourth-order valence-corrected chi connectivity index (χ4v) is 2.44. The summed E-state index contributed by atoms with van der Waals surface area (Å²) in [6, 6.07) is 0.909. The predicted molar refractivity (Wildman–Crippen MR) is 72.3 cm³/mol. The lowest BCUT2D eigenvalue weighted by atomic mass is 10.2. The van der Waals surface area contributed by atoms with Crippen molar-refractivity contribution in [2.45, 2.75) is 32.4 Å². The van der Waals surface area contributed by atoms with Gasteiger partial charge in [-0.1, -0.05) is 6.92 Å². The number of alkyl halides is 2. The van der Waals surface area contributed by atoms with E-state index in [-0.39, 0.29) is 23.5 Å². The van der Waals surface area contributed by atoms with Crippen molar-refractivity contribution >= 4 is 5.91 Å². The lowest BCUT2D eigenvalue weighted by molar-refractivity contribution is 0.0504. The molecule has 8 heteroatoms. The monoisotopic (exact) mass is 302 g/mol. The minimum absolute atomic E-state index is 0.0319. The zero-order valence-corrected chi connectivity index (χ0v) is 12.1. The van der Waals surface area contributed by atoms with E-state index >= 15 is 0 Å². The zero-order chi connectivity index (χ0) is 15.4. The van der Waals surface area contributed by atoms with Crippen LogP contribution in [0.15, 0.2) is 6.07 Å². The van der Waals surface area contributed by atoms with Crippen LogP contribution in [-0.2, 0) is 4.74 Å². The van der Waals surface area contributed by atoms with Gasteiger partial charge >= 0.3 is 0 Å². The molecule has 0 spiro atoms. The van der Waals surface area contributed by atoms with Crippen LogP contribution in [0.5, 0.6) is 0 Å². The van der Waals surface area contributed by atoms with E-state index in [9.17, 15) is 13.6 Å². The van der Waals surface area contributed by atoms with Gasteiger partial charge in [-0.15, -0.1) is 0 Å². The maximum Gasteiger partial charge on any atom is 0.279 e. The number of amides is 1. The van der Waals surface area contributed by atoms with Gasteiger partial charge < -0.3 is 10.1 Å². The number of likely N-dealkylation sites (N-methyl/N-ethyl adjacent to an activating group) is 1. The van der Waals surface area contributed by atoms with Gasteiger partial charge in [-0.2, -0.15) is 5.10 Å². The molecular weight excluding hydrogens is 282 g/mol. The smallest absolute Gasteiger partial charge is 0.279 e. The molecule has 0 bridgehead atoms. The third-order valence-electron chi connectivity index (χ3n) is 3.55. The Bertz CT molecular complexity index is 480. The fourth-order valence-electron chi connectivity index (χ4n) is 2.44. The van der Waals surface area contributed by atoms with Crippen LogP contribution < -0.4 is 5.32 Å². The quantitative estimate of drug-likeness (QED) is 0.828. The summed E-state index contributed by atoms with van der Waals surface area (Å²) >= 11 is 0. The van der Waals surface area contributed by atoms with Gasteiger partial charge in [0.25, 0.3) is 12.3 Å². The molecule has 2 heterocycles. The Morgan fingerprint density at radius 3 is 2.90 bits per heavy atom. The second kappa shape index (κ2) is 6.95. The van der Waals surface area contributed by atoms with E-state index in [0.717, 1.165) is 19.2 Å². The van der Waals surface area contributed by atoms with Crippen LogP contribution in [0.4, 0.5) is 8.78 Å². The van der Waals surface area contributed by atoms with E-state index in [4.69, 9.17) is 4.74 Å². The average Bonchev–Trinajstić information content (AvgIpc) is 3.06. The van der Waals surface area contributed by atoms with E-state index in [1.165, 1.54) is 0 Å². The van der Waals surface area contributed by atoms with Gasteiger partial charge in [0, 0.05) is 19.7 Å². The number of H-pyrrole nitrogens is 1. The molecule has 1 aliphatic heterocycles. The van der Waals surface area contributed by atoms with Crippen molar-refractivity contribution in [3.8, 4) is 0 Å². The third kappa shape index (κ3) is 3.76. The Morgan fingerprint density at radius 2 is 2.33 bits per heavy atom. The summed E-state index contributed by atoms with van der Waals surface area (Å²) < 4.78 is 30.6. The number of aromatic amines is 1. The number of carbonyl (C=O) groups is 1. The maximum atomic E-state index is 12.5. The number of likely N-dealkylation sites (tertiary alicyclic amines) is 1. The summed E-state index contributed by atoms with van der Waals surface area (Å²) in [7, 11) is 0. The lowest BCUT2D eigenvalue weighted by Gasteiger charge is -2.19. The van der Waals surface area contributed by atoms with Crippen LogP contribution in [0.25, 0.3) is 0 Å². The van der Waals surface area contributed by atoms with Gasteiger partial charge in [-0.25, -0.2) is 8.78 Å². The number of hydrogen-bond donors (Lipinski definition) is 2. The number of carbonyl (C=O) groups excluding carboxylic acids is 1. The number of nitrogens with one attached hydrogen (secondary N) is 2. The number of halogens is 2. The van der Waals surface area contributed by atoms with Crippen LogP contribution >= 0.6 is 0 Å². The van der Waals surface area contributed by atoms with Crippen LogP contribution in [0.1, 0.15) is 36.5 Å². The summed E-state index contributed by atoms with van der Waals surface area (Å²) in [4.78, 5) is 14.2. The van der Waals surface area contributed by atoms with Crippen molar-refractivity contribution in [1.29, 1.82) is 0 Å². The predicted octanol–water partition coefficient (Wildman–Crippen LogP) is 1.19. The molecule has 0 radical (unpaired) electrons. The Morgan fingerprint density at radius 1 is 1.57 bits per heavy atom. The molecule has 118 valence electrons. The third-order valence-corrected chi connectivity index (χ3v) is 3.55. The molecule has 21 heavy (non-hydrogen) atoms. The molecule has 6 nitrogen and oxygen atoms in total. The molecule has 2 rings (SSSR count). The second-order valence-corrected chi connectivity index (χ2v) is 4.94. The maximum absolute atomic E-state index is 12.5. The summed E-state index contributed by atoms with van der Waals surface area (Å²) in [5.74, 6) is -0.467. The van der Waals surface area contributed by atoms with Crippen molar-refractivity contribution in [2.24, 2.45) is 0 Å². The summed E-state index contributed by atoms with van der Waals surface area (Å²) in [6.07, 6.45) is -2.76. The number of ether oxygens (including phenoxy) is 1. The SMILES string of the molecule is CCO[C@H]1CN(CC)C[C@@H]1NC(=O)c1cc(C(F)F)[nH]n1. The van der Waals surface area contributed by atoms with E-state index in [2.05, 4.69) is 20.4 Å². The highest BCUT2D eigenvalue weighted by atomic mass is 19.3. The minimum Gasteiger partial charge on any atom is -0.375 e. The molecule has 1 aromatic rings. The topological polar surface area (TPSA) is 70.2 Å². The van der Waals surface area contributed by atoms with Crippen LogP contribution in [-0.4, -0.2) is 59.4 Å². The molecule has 0 aromatic carbocycles. The van der Waals surface area contributed by atoms with E-state index in [0.29, 0.717) is 13.2 Å². The van der Waals surface area contributed by atoms with E-state index in [1.54, 1.807) is 0 Å². The molecule has 1 aromatic heterocycles. The van der Waals surface area contributed by atoms with Crippen molar-refractivity contribution in [1.82, 2.24) is 20.4 Å². The first kappa shape index (κ1) is 15.8. The molecule has 0 saturated carbocycles. The number of rotatable bonds is 6. The second-order valence-electron chi connectivity index (χ2n) is 4.94. The summed E-state index contributed by atoms with van der Waals surface area (Å²) in [5, 5.41) is 8.60. The zero-order valence-electron chi connectivity index (χ0n) is 12.1. The molecule has 1 aliphatic rings. The lowest BCUT2D eigenvalue weighted by Crippen LogP contribution is -2.44. The van der Waals surface area contributed by atoms with E-state index < -0.39 is 12.3 Å². The van der Waals surface area contributed by atoms with Crippen molar-refractivity contribution in [3.05, 3.63) is 17.5 Å². The van der Waals surface area contributed by atoms with Gasteiger partial charge in [0.15, 0.2) is 0 Å². The molecule has 0 aliphatic carbocycles. The van der Waals surface area contributed by atoms with Crippen LogP contribution in [0.3, 0.4) is 0 Å². The first-order valence-electron chi connectivity index (χ1n) is 7.03. The van der Waals surface area contributed by atoms with Crippen molar-refractivity contribution in [2.75, 3.05) is 26.2 Å². The molecule has 2 N–H and O–H groups in total. The normalized spacial score (nSPS) is 22.9. The molecule has 1 amide bonds. The summed E-state index contributed by atoms with van der Waals surface area (Å²) in [6.45, 7) is 6.80. The van der Waals surface area contributed by atoms with Crippen molar-refractivity contribution in [3.63, 3.8) is 0 Å². The minimum atomic E-state index is -2.67. The molecule has 0 unspecified atom stereocenters. The van der Waals surface area contributed by atoms with Gasteiger partial charge in [0.05, 0.1) is 12.1 Å². The highest BCUT2D eigenvalue weighted by Gasteiger charge is 2.34.